The van der Waals surface area contributed by atoms with Crippen molar-refractivity contribution in [2.45, 2.75) is 32.6 Å². The Hall–Kier alpha value is 0.100. The van der Waals surface area contributed by atoms with Crippen LogP contribution in [0.15, 0.2) is 0 Å². The summed E-state index contributed by atoms with van der Waals surface area (Å²) in [5.74, 6) is 0.934. The van der Waals surface area contributed by atoms with Gasteiger partial charge in [0.05, 0.1) is 0 Å². The van der Waals surface area contributed by atoms with Gasteiger partial charge in [0.2, 0.25) is 0 Å². The molecule has 1 fully saturated rings. The van der Waals surface area contributed by atoms with Gasteiger partial charge in [-0.3, -0.25) is 0 Å². The minimum absolute atomic E-state index is 0.271. The van der Waals surface area contributed by atoms with E-state index in [0.29, 0.717) is 0 Å². The Morgan fingerprint density at radius 3 is 2.90 bits per heavy atom. The van der Waals surface area contributed by atoms with Crippen molar-refractivity contribution in [1.82, 2.24) is 0 Å². The number of rotatable bonds is 3. The van der Waals surface area contributed by atoms with E-state index in [1.165, 1.54) is 38.0 Å². The van der Waals surface area contributed by atoms with Crippen LogP contribution in [0.4, 0.5) is 0 Å². The topological polar surface area (TPSA) is 23.9 Å². The highest BCUT2D eigenvalue weighted by molar-refractivity contribution is 7.46. The third-order valence-corrected chi connectivity index (χ3v) is 4.01. The Morgan fingerprint density at radius 2 is 2.40 bits per heavy atom. The summed E-state index contributed by atoms with van der Waals surface area (Å²) in [5, 5.41) is 7.56. The van der Waals surface area contributed by atoms with E-state index in [9.17, 15) is 0 Å². The lowest BCUT2D eigenvalue weighted by atomic mass is 10.0. The van der Waals surface area contributed by atoms with Gasteiger partial charge in [0.15, 0.2) is 7.71 Å². The van der Waals surface area contributed by atoms with E-state index in [2.05, 4.69) is 6.92 Å². The first kappa shape index (κ1) is 8.20. The molecular weight excluding hydrogens is 141 g/mol. The average Bonchev–Trinajstić information content (AvgIpc) is 2.31. The Labute approximate surface area is 64.5 Å². The fraction of sp³-hybridized carbons (Fsp3) is 1.00. The first-order valence-electron chi connectivity index (χ1n) is 4.29. The van der Waals surface area contributed by atoms with E-state index in [-0.39, 0.29) is 7.71 Å². The van der Waals surface area contributed by atoms with Crippen molar-refractivity contribution < 1.29 is 0 Å². The lowest BCUT2D eigenvalue weighted by Crippen LogP contribution is -1.96. The van der Waals surface area contributed by atoms with Gasteiger partial charge in [-0.05, 0) is 12.8 Å². The van der Waals surface area contributed by atoms with E-state index in [4.69, 9.17) is 5.16 Å². The number of hydrogen-bond donors (Lipinski definition) is 1. The van der Waals surface area contributed by atoms with E-state index in [1.54, 1.807) is 0 Å². The van der Waals surface area contributed by atoms with Crippen LogP contribution >= 0.6 is 7.71 Å². The van der Waals surface area contributed by atoms with Crippen LogP contribution in [0.25, 0.3) is 0 Å². The number of unbranched alkanes of at least 4 members (excludes halogenated alkanes) is 1. The normalized spacial score (nSPS) is 29.3. The molecule has 2 unspecified atom stereocenters. The molecular formula is C8H17NP+. The van der Waals surface area contributed by atoms with E-state index in [1.807, 2.05) is 0 Å². The lowest BCUT2D eigenvalue weighted by Gasteiger charge is -2.00. The second-order valence-corrected chi connectivity index (χ2v) is 5.13. The van der Waals surface area contributed by atoms with E-state index < -0.39 is 0 Å². The van der Waals surface area contributed by atoms with Crippen molar-refractivity contribution in [3.63, 3.8) is 0 Å². The van der Waals surface area contributed by atoms with Gasteiger partial charge in [-0.1, -0.05) is 19.8 Å². The van der Waals surface area contributed by atoms with Gasteiger partial charge in [-0.25, -0.2) is 0 Å². The molecule has 58 valence electrons. The molecule has 1 nitrogen and oxygen atoms in total. The van der Waals surface area contributed by atoms with E-state index >= 15 is 0 Å². The molecule has 10 heavy (non-hydrogen) atoms. The van der Waals surface area contributed by atoms with Gasteiger partial charge in [0, 0.05) is 5.92 Å². The molecule has 2 heteroatoms. The van der Waals surface area contributed by atoms with Crippen LogP contribution in [-0.2, 0) is 0 Å². The molecule has 0 aromatic heterocycles. The van der Waals surface area contributed by atoms with Crippen LogP contribution in [0.5, 0.6) is 0 Å². The first-order valence-corrected chi connectivity index (χ1v) is 6.00. The Balaban J connectivity index is 2.12. The van der Waals surface area contributed by atoms with Gasteiger partial charge < -0.3 is 0 Å². The highest BCUT2D eigenvalue weighted by Crippen LogP contribution is 2.38. The SMILES string of the molecule is CCCCC1CC[P+](=N)C1. The van der Waals surface area contributed by atoms with Gasteiger partial charge >= 0.3 is 0 Å². The zero-order valence-electron chi connectivity index (χ0n) is 6.77. The predicted octanol–water partition coefficient (Wildman–Crippen LogP) is 3.44. The minimum Gasteiger partial charge on any atom is -0.125 e. The molecule has 1 aliphatic rings. The molecule has 1 aliphatic heterocycles. The third kappa shape index (κ3) is 2.38. The Bertz CT molecular complexity index is 122. The van der Waals surface area contributed by atoms with Crippen molar-refractivity contribution in [2.75, 3.05) is 12.3 Å². The summed E-state index contributed by atoms with van der Waals surface area (Å²) in [7, 11) is -0.271. The molecule has 0 bridgehead atoms. The molecule has 0 saturated carbocycles. The number of hydrogen-bond acceptors (Lipinski definition) is 1. The summed E-state index contributed by atoms with van der Waals surface area (Å²) in [6.45, 7) is 2.25. The van der Waals surface area contributed by atoms with Crippen molar-refractivity contribution in [3.8, 4) is 0 Å². The predicted molar refractivity (Wildman–Crippen MR) is 47.0 cm³/mol. The second kappa shape index (κ2) is 4.08. The molecule has 0 aliphatic carbocycles. The summed E-state index contributed by atoms with van der Waals surface area (Å²) in [5.41, 5.74) is 0. The third-order valence-electron chi connectivity index (χ3n) is 2.25. The minimum atomic E-state index is -0.271. The number of nitrogens with one attached hydrogen (secondary N) is 1. The fourth-order valence-corrected chi connectivity index (χ4v) is 3.41. The largest absolute Gasteiger partial charge is 0.196 e. The molecule has 0 radical (unpaired) electrons. The molecule has 1 heterocycles. The van der Waals surface area contributed by atoms with E-state index in [0.717, 1.165) is 5.92 Å². The van der Waals surface area contributed by atoms with Gasteiger partial charge in [0.1, 0.15) is 12.3 Å². The van der Waals surface area contributed by atoms with Crippen LogP contribution in [0.2, 0.25) is 0 Å². The molecule has 0 aromatic carbocycles. The summed E-state index contributed by atoms with van der Waals surface area (Å²) >= 11 is 0. The standard InChI is InChI=1S/C8H17NP/c1-2-3-4-8-5-6-10(9)7-8/h8-9H,2-7H2,1H3/q+1. The maximum Gasteiger partial charge on any atom is 0.196 e. The van der Waals surface area contributed by atoms with Crippen LogP contribution in [-0.4, -0.2) is 12.3 Å². The summed E-state index contributed by atoms with van der Waals surface area (Å²) in [6.07, 6.45) is 7.93. The highest BCUT2D eigenvalue weighted by Gasteiger charge is 2.27. The van der Waals surface area contributed by atoms with Crippen LogP contribution in [0, 0.1) is 11.1 Å². The molecule has 0 aromatic rings. The van der Waals surface area contributed by atoms with Gasteiger partial charge in [-0.15, -0.1) is 5.16 Å². The zero-order chi connectivity index (χ0) is 7.40. The molecule has 1 N–H and O–H groups in total. The highest BCUT2D eigenvalue weighted by atomic mass is 31.1. The molecule has 0 spiro atoms. The average molecular weight is 158 g/mol. The van der Waals surface area contributed by atoms with Crippen LogP contribution in [0.1, 0.15) is 32.6 Å². The van der Waals surface area contributed by atoms with Crippen molar-refractivity contribution >= 4 is 7.71 Å². The smallest absolute Gasteiger partial charge is 0.125 e. The maximum atomic E-state index is 7.56. The monoisotopic (exact) mass is 158 g/mol. The van der Waals surface area contributed by atoms with Crippen LogP contribution < -0.4 is 0 Å². The van der Waals surface area contributed by atoms with Crippen molar-refractivity contribution in [2.24, 2.45) is 5.92 Å². The lowest BCUT2D eigenvalue weighted by molar-refractivity contribution is 0.517. The second-order valence-electron chi connectivity index (χ2n) is 3.24. The molecule has 0 amide bonds. The molecule has 1 saturated heterocycles. The zero-order valence-corrected chi connectivity index (χ0v) is 7.66. The summed E-state index contributed by atoms with van der Waals surface area (Å²) < 4.78 is 0. The van der Waals surface area contributed by atoms with Crippen molar-refractivity contribution in [1.29, 1.82) is 5.16 Å². The van der Waals surface area contributed by atoms with Crippen molar-refractivity contribution in [3.05, 3.63) is 0 Å². The maximum absolute atomic E-state index is 7.56. The quantitative estimate of drug-likeness (QED) is 0.608. The summed E-state index contributed by atoms with van der Waals surface area (Å²) in [6, 6.07) is 0. The Morgan fingerprint density at radius 1 is 1.60 bits per heavy atom. The van der Waals surface area contributed by atoms with Gasteiger partial charge in [-0.2, -0.15) is 0 Å². The van der Waals surface area contributed by atoms with Crippen LogP contribution in [0.3, 0.4) is 0 Å². The first-order chi connectivity index (χ1) is 4.83. The molecule has 1 rings (SSSR count). The Kier molecular flexibility index (Phi) is 3.34. The summed E-state index contributed by atoms with van der Waals surface area (Å²) in [4.78, 5) is 0. The molecule has 2 atom stereocenters. The fourth-order valence-electron chi connectivity index (χ4n) is 1.56. The van der Waals surface area contributed by atoms with Gasteiger partial charge in [0.25, 0.3) is 0 Å².